The zero-order chi connectivity index (χ0) is 13.3. The summed E-state index contributed by atoms with van der Waals surface area (Å²) < 4.78 is 9.63. The van der Waals surface area contributed by atoms with E-state index >= 15 is 0 Å². The van der Waals surface area contributed by atoms with Crippen LogP contribution in [-0.4, -0.2) is 49.0 Å². The maximum Gasteiger partial charge on any atom is 0.410 e. The van der Waals surface area contributed by atoms with E-state index in [-0.39, 0.29) is 18.3 Å². The number of Topliss-reactive ketones (excluding diaryl/α,β-unsaturated/α-hetero) is 1. The first-order valence-electron chi connectivity index (χ1n) is 6.14. The molecule has 6 heteroatoms. The Balaban J connectivity index is 2.24. The zero-order valence-corrected chi connectivity index (χ0v) is 10.5. The highest BCUT2D eigenvalue weighted by Crippen LogP contribution is 2.40. The molecule has 1 saturated heterocycles. The van der Waals surface area contributed by atoms with Crippen LogP contribution in [0.25, 0.3) is 0 Å². The summed E-state index contributed by atoms with van der Waals surface area (Å²) in [6.45, 7) is 2.33. The number of rotatable bonds is 2. The third-order valence-corrected chi connectivity index (χ3v) is 3.69. The van der Waals surface area contributed by atoms with Gasteiger partial charge in [-0.25, -0.2) is 9.59 Å². The lowest BCUT2D eigenvalue weighted by atomic mass is 9.93. The van der Waals surface area contributed by atoms with Crippen molar-refractivity contribution in [3.8, 4) is 0 Å². The van der Waals surface area contributed by atoms with E-state index in [0.717, 1.165) is 6.42 Å². The van der Waals surface area contributed by atoms with Crippen LogP contribution in [0.2, 0.25) is 0 Å². The smallest absolute Gasteiger partial charge is 0.410 e. The average molecular weight is 255 g/mol. The Morgan fingerprint density at radius 2 is 2.17 bits per heavy atom. The molecule has 2 rings (SSSR count). The molecule has 0 bridgehead atoms. The van der Waals surface area contributed by atoms with Gasteiger partial charge in [0.25, 0.3) is 0 Å². The van der Waals surface area contributed by atoms with Gasteiger partial charge in [-0.05, 0) is 19.3 Å². The van der Waals surface area contributed by atoms with Crippen LogP contribution < -0.4 is 0 Å². The summed E-state index contributed by atoms with van der Waals surface area (Å²) in [4.78, 5) is 36.8. The maximum atomic E-state index is 11.9. The summed E-state index contributed by atoms with van der Waals surface area (Å²) in [5, 5.41) is 0. The second-order valence-corrected chi connectivity index (χ2v) is 4.61. The second-order valence-electron chi connectivity index (χ2n) is 4.61. The largest absolute Gasteiger partial charge is 0.464 e. The fourth-order valence-corrected chi connectivity index (χ4v) is 2.94. The fourth-order valence-electron chi connectivity index (χ4n) is 2.94. The van der Waals surface area contributed by atoms with Gasteiger partial charge in [0.05, 0.1) is 19.6 Å². The number of amides is 1. The lowest BCUT2D eigenvalue weighted by Crippen LogP contribution is -2.45. The number of likely N-dealkylation sites (tertiary alicyclic amines) is 1. The molecule has 18 heavy (non-hydrogen) atoms. The number of ether oxygens (including phenoxy) is 2. The first-order chi connectivity index (χ1) is 8.60. The normalized spacial score (nSPS) is 30.2. The molecule has 1 aliphatic heterocycles. The van der Waals surface area contributed by atoms with Crippen molar-refractivity contribution >= 4 is 17.8 Å². The Morgan fingerprint density at radius 1 is 1.44 bits per heavy atom. The lowest BCUT2D eigenvalue weighted by molar-refractivity contribution is -0.150. The van der Waals surface area contributed by atoms with Crippen molar-refractivity contribution in [2.24, 2.45) is 11.8 Å². The Morgan fingerprint density at radius 3 is 2.78 bits per heavy atom. The van der Waals surface area contributed by atoms with Crippen LogP contribution in [0.15, 0.2) is 0 Å². The standard InChI is InChI=1S/C12H17NO5/c1-3-18-11(15)10-9-7(4-5-8(9)14)6-13(10)12(16)17-2/h7,9-10H,3-6H2,1-2H3. The van der Waals surface area contributed by atoms with E-state index in [0.29, 0.717) is 13.0 Å². The minimum atomic E-state index is -0.808. The monoisotopic (exact) mass is 255 g/mol. The van der Waals surface area contributed by atoms with Crippen molar-refractivity contribution in [2.75, 3.05) is 20.3 Å². The second kappa shape index (κ2) is 4.96. The molecule has 100 valence electrons. The van der Waals surface area contributed by atoms with Crippen LogP contribution in [-0.2, 0) is 19.1 Å². The molecule has 0 radical (unpaired) electrons. The number of nitrogens with zero attached hydrogens (tertiary/aromatic N) is 1. The first kappa shape index (κ1) is 12.9. The Bertz CT molecular complexity index is 381. The van der Waals surface area contributed by atoms with Gasteiger partial charge >= 0.3 is 12.1 Å². The molecule has 6 nitrogen and oxygen atoms in total. The quantitative estimate of drug-likeness (QED) is 0.675. The molecule has 2 fully saturated rings. The van der Waals surface area contributed by atoms with E-state index in [4.69, 9.17) is 4.74 Å². The van der Waals surface area contributed by atoms with Crippen LogP contribution in [0.1, 0.15) is 19.8 Å². The molecule has 1 heterocycles. The molecule has 3 atom stereocenters. The van der Waals surface area contributed by atoms with Crippen molar-refractivity contribution in [3.63, 3.8) is 0 Å². The highest BCUT2D eigenvalue weighted by Gasteiger charge is 2.54. The number of carbonyl (C=O) groups is 3. The molecule has 0 spiro atoms. The SMILES string of the molecule is CCOC(=O)C1C2C(=O)CCC2CN1C(=O)OC. The minimum absolute atomic E-state index is 0.0458. The van der Waals surface area contributed by atoms with Gasteiger partial charge in [-0.15, -0.1) is 0 Å². The van der Waals surface area contributed by atoms with Crippen molar-refractivity contribution in [1.82, 2.24) is 4.90 Å². The van der Waals surface area contributed by atoms with E-state index in [9.17, 15) is 14.4 Å². The Labute approximate surface area is 105 Å². The van der Waals surface area contributed by atoms with Crippen LogP contribution >= 0.6 is 0 Å². The number of esters is 1. The van der Waals surface area contributed by atoms with Crippen LogP contribution in [0.3, 0.4) is 0 Å². The average Bonchev–Trinajstić information content (AvgIpc) is 2.89. The molecule has 0 aromatic heterocycles. The van der Waals surface area contributed by atoms with E-state index in [1.165, 1.54) is 12.0 Å². The van der Waals surface area contributed by atoms with E-state index in [1.54, 1.807) is 6.92 Å². The van der Waals surface area contributed by atoms with Gasteiger partial charge in [-0.2, -0.15) is 0 Å². The predicted octanol–water partition coefficient (Wildman–Crippen LogP) is 0.595. The number of fused-ring (bicyclic) bond motifs is 1. The minimum Gasteiger partial charge on any atom is -0.464 e. The first-order valence-corrected chi connectivity index (χ1v) is 6.14. The van der Waals surface area contributed by atoms with Gasteiger partial charge in [0.1, 0.15) is 11.8 Å². The molecule has 3 unspecified atom stereocenters. The maximum absolute atomic E-state index is 11.9. The Kier molecular flexibility index (Phi) is 3.54. The number of ketones is 1. The van der Waals surface area contributed by atoms with Gasteiger partial charge in [0, 0.05) is 13.0 Å². The van der Waals surface area contributed by atoms with Crippen LogP contribution in [0, 0.1) is 11.8 Å². The number of methoxy groups -OCH3 is 1. The number of carbonyl (C=O) groups excluding carboxylic acids is 3. The van der Waals surface area contributed by atoms with Gasteiger partial charge in [0.15, 0.2) is 0 Å². The van der Waals surface area contributed by atoms with Gasteiger partial charge < -0.3 is 9.47 Å². The molecule has 1 amide bonds. The third-order valence-electron chi connectivity index (χ3n) is 3.69. The number of hydrogen-bond donors (Lipinski definition) is 0. The van der Waals surface area contributed by atoms with Gasteiger partial charge in [-0.1, -0.05) is 0 Å². The predicted molar refractivity (Wildman–Crippen MR) is 60.8 cm³/mol. The van der Waals surface area contributed by atoms with E-state index in [1.807, 2.05) is 0 Å². The topological polar surface area (TPSA) is 72.9 Å². The van der Waals surface area contributed by atoms with Gasteiger partial charge in [-0.3, -0.25) is 9.69 Å². The molecule has 1 saturated carbocycles. The molecule has 0 aromatic rings. The van der Waals surface area contributed by atoms with Crippen molar-refractivity contribution in [1.29, 1.82) is 0 Å². The highest BCUT2D eigenvalue weighted by atomic mass is 16.6. The molecular formula is C12H17NO5. The Hall–Kier alpha value is -1.59. The summed E-state index contributed by atoms with van der Waals surface area (Å²) in [7, 11) is 1.26. The molecule has 2 aliphatic rings. The molecular weight excluding hydrogens is 238 g/mol. The third kappa shape index (κ3) is 1.95. The summed E-state index contributed by atoms with van der Waals surface area (Å²) >= 11 is 0. The summed E-state index contributed by atoms with van der Waals surface area (Å²) in [5.74, 6) is -0.815. The van der Waals surface area contributed by atoms with Crippen LogP contribution in [0.4, 0.5) is 4.79 Å². The number of hydrogen-bond acceptors (Lipinski definition) is 5. The summed E-state index contributed by atoms with van der Waals surface area (Å²) in [6.07, 6.45) is 0.642. The van der Waals surface area contributed by atoms with Gasteiger partial charge in [0.2, 0.25) is 0 Å². The highest BCUT2D eigenvalue weighted by molar-refractivity contribution is 5.93. The molecule has 0 N–H and O–H groups in total. The summed E-state index contributed by atoms with van der Waals surface area (Å²) in [6, 6.07) is -0.808. The van der Waals surface area contributed by atoms with E-state index < -0.39 is 24.0 Å². The van der Waals surface area contributed by atoms with Crippen molar-refractivity contribution in [2.45, 2.75) is 25.8 Å². The lowest BCUT2D eigenvalue weighted by Gasteiger charge is -2.24. The van der Waals surface area contributed by atoms with Crippen LogP contribution in [0.5, 0.6) is 0 Å². The summed E-state index contributed by atoms with van der Waals surface area (Å²) in [5.41, 5.74) is 0. The van der Waals surface area contributed by atoms with Crippen molar-refractivity contribution in [3.05, 3.63) is 0 Å². The molecule has 1 aliphatic carbocycles. The van der Waals surface area contributed by atoms with E-state index in [2.05, 4.69) is 4.74 Å². The van der Waals surface area contributed by atoms with Crippen molar-refractivity contribution < 1.29 is 23.9 Å². The zero-order valence-electron chi connectivity index (χ0n) is 10.5. The fraction of sp³-hybridized carbons (Fsp3) is 0.750. The molecule has 0 aromatic carbocycles.